The lowest BCUT2D eigenvalue weighted by Crippen LogP contribution is -2.14. The Hall–Kier alpha value is -2.67. The molecule has 0 bridgehead atoms. The van der Waals surface area contributed by atoms with Crippen molar-refractivity contribution in [2.24, 2.45) is 0 Å². The predicted molar refractivity (Wildman–Crippen MR) is 105 cm³/mol. The Balaban J connectivity index is 1.72. The highest BCUT2D eigenvalue weighted by atomic mass is 32.2. The van der Waals surface area contributed by atoms with Gasteiger partial charge in [-0.15, -0.1) is 0 Å². The first kappa shape index (κ1) is 19.1. The smallest absolute Gasteiger partial charge is 0.261 e. The van der Waals surface area contributed by atoms with Crippen LogP contribution in [-0.2, 0) is 0 Å². The van der Waals surface area contributed by atoms with Crippen molar-refractivity contribution in [3.8, 4) is 0 Å². The molecule has 140 valence electrons. The summed E-state index contributed by atoms with van der Waals surface area (Å²) < 4.78 is 5.29. The number of benzene rings is 1. The Morgan fingerprint density at radius 2 is 1.70 bits per heavy atom. The minimum Gasteiger partial charge on any atom is -0.360 e. The van der Waals surface area contributed by atoms with Crippen molar-refractivity contribution in [3.05, 3.63) is 58.7 Å². The van der Waals surface area contributed by atoms with Gasteiger partial charge in [0, 0.05) is 27.9 Å². The van der Waals surface area contributed by atoms with Crippen molar-refractivity contribution < 1.29 is 9.32 Å². The quantitative estimate of drug-likeness (QED) is 0.631. The van der Waals surface area contributed by atoms with Crippen molar-refractivity contribution in [3.63, 3.8) is 0 Å². The first-order valence-corrected chi connectivity index (χ1v) is 9.53. The highest BCUT2D eigenvalue weighted by Crippen LogP contribution is 2.27. The summed E-state index contributed by atoms with van der Waals surface area (Å²) in [6.45, 7) is 9.62. The van der Waals surface area contributed by atoms with Crippen LogP contribution in [0.4, 0.5) is 5.69 Å². The molecular weight excluding hydrogens is 360 g/mol. The molecule has 2 aromatic heterocycles. The van der Waals surface area contributed by atoms with Gasteiger partial charge >= 0.3 is 0 Å². The molecule has 27 heavy (non-hydrogen) atoms. The number of rotatable bonds is 5. The van der Waals surface area contributed by atoms with E-state index in [1.165, 1.54) is 11.8 Å². The van der Waals surface area contributed by atoms with Crippen LogP contribution in [0.2, 0.25) is 0 Å². The molecule has 0 saturated heterocycles. The molecule has 0 aliphatic carbocycles. The largest absolute Gasteiger partial charge is 0.360 e. The second-order valence-corrected chi connectivity index (χ2v) is 7.72. The number of amides is 1. The van der Waals surface area contributed by atoms with Crippen LogP contribution in [0.5, 0.6) is 0 Å². The zero-order valence-corrected chi connectivity index (χ0v) is 16.8. The van der Waals surface area contributed by atoms with Crippen LogP contribution in [0.3, 0.4) is 0 Å². The monoisotopic (exact) mass is 382 g/mol. The zero-order valence-electron chi connectivity index (χ0n) is 16.0. The summed E-state index contributed by atoms with van der Waals surface area (Å²) in [5.41, 5.74) is 3.70. The first-order valence-electron chi connectivity index (χ1n) is 8.71. The van der Waals surface area contributed by atoms with Gasteiger partial charge < -0.3 is 9.84 Å². The van der Waals surface area contributed by atoms with Gasteiger partial charge in [0.25, 0.3) is 5.91 Å². The fourth-order valence-electron chi connectivity index (χ4n) is 2.70. The number of nitrogens with zero attached hydrogens (tertiary/aromatic N) is 3. The van der Waals surface area contributed by atoms with E-state index < -0.39 is 0 Å². The molecule has 2 heterocycles. The lowest BCUT2D eigenvalue weighted by Gasteiger charge is -2.08. The Kier molecular flexibility index (Phi) is 5.60. The molecule has 0 aliphatic rings. The molecule has 3 rings (SSSR count). The van der Waals surface area contributed by atoms with Crippen LogP contribution < -0.4 is 5.32 Å². The van der Waals surface area contributed by atoms with Gasteiger partial charge in [-0.2, -0.15) is 0 Å². The van der Waals surface area contributed by atoms with Crippen molar-refractivity contribution >= 4 is 23.4 Å². The molecule has 0 atom stereocenters. The van der Waals surface area contributed by atoms with Gasteiger partial charge in [0.2, 0.25) is 0 Å². The summed E-state index contributed by atoms with van der Waals surface area (Å²) in [5.74, 6) is 0.475. The van der Waals surface area contributed by atoms with Crippen LogP contribution >= 0.6 is 11.8 Å². The van der Waals surface area contributed by atoms with Crippen molar-refractivity contribution in [2.75, 3.05) is 5.32 Å². The van der Waals surface area contributed by atoms with Crippen LogP contribution in [0.15, 0.2) is 44.9 Å². The lowest BCUT2D eigenvalue weighted by molar-refractivity contribution is 0.102. The second kappa shape index (κ2) is 7.92. The molecule has 1 aromatic carbocycles. The minimum absolute atomic E-state index is 0.0866. The molecule has 0 fully saturated rings. The van der Waals surface area contributed by atoms with E-state index in [1.807, 2.05) is 58.0 Å². The third-order valence-corrected chi connectivity index (χ3v) is 4.80. The van der Waals surface area contributed by atoms with Crippen molar-refractivity contribution in [1.29, 1.82) is 0 Å². The normalized spacial score (nSPS) is 11.0. The Bertz CT molecular complexity index is 944. The van der Waals surface area contributed by atoms with Crippen LogP contribution in [-0.4, -0.2) is 21.0 Å². The summed E-state index contributed by atoms with van der Waals surface area (Å²) in [5, 5.41) is 7.55. The molecule has 0 aliphatic heterocycles. The Morgan fingerprint density at radius 3 is 2.30 bits per heavy atom. The third-order valence-electron chi connectivity index (χ3n) is 3.92. The van der Waals surface area contributed by atoms with E-state index in [0.717, 1.165) is 16.3 Å². The van der Waals surface area contributed by atoms with Crippen LogP contribution in [0.25, 0.3) is 0 Å². The maximum atomic E-state index is 12.6. The number of carbonyl (C=O) groups excluding carboxylic acids is 1. The number of hydrogen-bond acceptors (Lipinski definition) is 6. The molecule has 0 spiro atoms. The van der Waals surface area contributed by atoms with E-state index in [-0.39, 0.29) is 11.8 Å². The standard InChI is InChI=1S/C20H22N4O2S/c1-11(2)18-17(14(5)24-26-18)19(25)23-15-6-8-16(9-7-15)27-20-21-12(3)10-13(4)22-20/h6-11H,1-5H3,(H,23,25). The molecule has 1 N–H and O–H groups in total. The van der Waals surface area contributed by atoms with E-state index in [1.54, 1.807) is 6.92 Å². The molecule has 0 unspecified atom stereocenters. The minimum atomic E-state index is -0.213. The molecule has 7 heteroatoms. The summed E-state index contributed by atoms with van der Waals surface area (Å²) in [6, 6.07) is 9.54. The molecule has 6 nitrogen and oxygen atoms in total. The predicted octanol–water partition coefficient (Wildman–Crippen LogP) is 4.92. The average molecular weight is 382 g/mol. The van der Waals surface area contributed by atoms with E-state index >= 15 is 0 Å². The number of aromatic nitrogens is 3. The Labute approximate surface area is 162 Å². The zero-order chi connectivity index (χ0) is 19.6. The number of carbonyl (C=O) groups is 1. The highest BCUT2D eigenvalue weighted by Gasteiger charge is 2.22. The summed E-state index contributed by atoms with van der Waals surface area (Å²) >= 11 is 1.49. The molecule has 0 radical (unpaired) electrons. The highest BCUT2D eigenvalue weighted by molar-refractivity contribution is 7.99. The topological polar surface area (TPSA) is 80.9 Å². The van der Waals surface area contributed by atoms with Gasteiger partial charge in [-0.25, -0.2) is 9.97 Å². The van der Waals surface area contributed by atoms with E-state index in [4.69, 9.17) is 4.52 Å². The Morgan fingerprint density at radius 1 is 1.07 bits per heavy atom. The number of anilines is 1. The third kappa shape index (κ3) is 4.54. The summed E-state index contributed by atoms with van der Waals surface area (Å²) in [4.78, 5) is 22.5. The molecule has 1 amide bonds. The fraction of sp³-hybridized carbons (Fsp3) is 0.300. The number of hydrogen-bond donors (Lipinski definition) is 1. The van der Waals surface area contributed by atoms with Crippen molar-refractivity contribution in [2.45, 2.75) is 50.6 Å². The maximum Gasteiger partial charge on any atom is 0.261 e. The van der Waals surface area contributed by atoms with Gasteiger partial charge in [0.15, 0.2) is 10.9 Å². The molecule has 0 saturated carbocycles. The van der Waals surface area contributed by atoms with Gasteiger partial charge in [-0.05, 0) is 62.9 Å². The number of nitrogens with one attached hydrogen (secondary N) is 1. The van der Waals surface area contributed by atoms with Gasteiger partial charge in [-0.3, -0.25) is 4.79 Å². The van der Waals surface area contributed by atoms with E-state index in [0.29, 0.717) is 27.9 Å². The average Bonchev–Trinajstić information content (AvgIpc) is 2.98. The van der Waals surface area contributed by atoms with Gasteiger partial charge in [0.1, 0.15) is 5.56 Å². The summed E-state index contributed by atoms with van der Waals surface area (Å²) in [6.07, 6.45) is 0. The summed E-state index contributed by atoms with van der Waals surface area (Å²) in [7, 11) is 0. The van der Waals surface area contributed by atoms with Gasteiger partial charge in [0.05, 0.1) is 5.69 Å². The van der Waals surface area contributed by atoms with Crippen molar-refractivity contribution in [1.82, 2.24) is 15.1 Å². The SMILES string of the molecule is Cc1cc(C)nc(Sc2ccc(NC(=O)c3c(C)noc3C(C)C)cc2)n1. The van der Waals surface area contributed by atoms with E-state index in [9.17, 15) is 4.79 Å². The van der Waals surface area contributed by atoms with Crippen LogP contribution in [0.1, 0.15) is 53.0 Å². The number of aryl methyl sites for hydroxylation is 3. The molecular formula is C20H22N4O2S. The lowest BCUT2D eigenvalue weighted by atomic mass is 10.0. The first-order chi connectivity index (χ1) is 12.8. The second-order valence-electron chi connectivity index (χ2n) is 6.68. The van der Waals surface area contributed by atoms with Gasteiger partial charge in [-0.1, -0.05) is 19.0 Å². The van der Waals surface area contributed by atoms with E-state index in [2.05, 4.69) is 20.4 Å². The van der Waals surface area contributed by atoms with Crippen LogP contribution in [0, 0.1) is 20.8 Å². The molecule has 3 aromatic rings. The fourth-order valence-corrected chi connectivity index (χ4v) is 3.56. The maximum absolute atomic E-state index is 12.6.